The molecule has 0 aliphatic carbocycles. The van der Waals surface area contributed by atoms with E-state index in [2.05, 4.69) is 5.32 Å². The predicted molar refractivity (Wildman–Crippen MR) is 168 cm³/mol. The third-order valence-corrected chi connectivity index (χ3v) is 8.99. The smallest absolute Gasteiger partial charge is 0.238 e. The van der Waals surface area contributed by atoms with Crippen molar-refractivity contribution in [1.29, 1.82) is 0 Å². The van der Waals surface area contributed by atoms with Gasteiger partial charge in [-0.05, 0) is 79.1 Å². The number of ketones is 2. The summed E-state index contributed by atoms with van der Waals surface area (Å²) in [5.74, 6) is -0.716. The molecule has 1 fully saturated rings. The summed E-state index contributed by atoms with van der Waals surface area (Å²) in [4.78, 5) is 46.2. The van der Waals surface area contributed by atoms with Gasteiger partial charge in [0.2, 0.25) is 5.91 Å². The SMILES string of the molecule is COc1cccc(C(=O)[C@@H]2[C@H](C(=O)c3ccc(OC(C)C)cc3)[C@]3(C(=O)Nc4ccccc43)[C@@H]3c4ccccc4C=CN23)c1. The number of anilines is 1. The summed E-state index contributed by atoms with van der Waals surface area (Å²) in [6, 6.07) is 27.7. The monoisotopic (exact) mass is 584 g/mol. The number of hydrogen-bond acceptors (Lipinski definition) is 6. The molecule has 7 nitrogen and oxygen atoms in total. The van der Waals surface area contributed by atoms with Crippen molar-refractivity contribution in [3.8, 4) is 11.5 Å². The summed E-state index contributed by atoms with van der Waals surface area (Å²) in [6.07, 6.45) is 3.80. The van der Waals surface area contributed by atoms with Crippen molar-refractivity contribution in [2.24, 2.45) is 5.92 Å². The van der Waals surface area contributed by atoms with Crippen molar-refractivity contribution < 1.29 is 23.9 Å². The second kappa shape index (κ2) is 10.5. The van der Waals surface area contributed by atoms with Gasteiger partial charge < -0.3 is 19.7 Å². The standard InChI is InChI=1S/C37H32N2O5/c1-22(2)44-26-17-15-24(16-18-26)33(40)31-32(34(41)25-10-8-11-27(21-25)43-3)39-20-19-23-9-4-5-12-28(23)35(39)37(31)29-13-6-7-14-30(29)38-36(37)42/h4-22,31-32,35H,1-3H3,(H,38,42)/t31-,32+,35+,37+/m1/s1. The van der Waals surface area contributed by atoms with E-state index in [9.17, 15) is 14.4 Å². The fourth-order valence-corrected chi connectivity index (χ4v) is 7.26. The Morgan fingerprint density at radius 3 is 2.36 bits per heavy atom. The number of ether oxygens (including phenoxy) is 2. The van der Waals surface area contributed by atoms with Crippen LogP contribution in [0.2, 0.25) is 0 Å². The van der Waals surface area contributed by atoms with Crippen molar-refractivity contribution in [2.45, 2.75) is 37.5 Å². The topological polar surface area (TPSA) is 84.9 Å². The van der Waals surface area contributed by atoms with Crippen LogP contribution in [-0.2, 0) is 10.2 Å². The van der Waals surface area contributed by atoms with Gasteiger partial charge >= 0.3 is 0 Å². The highest BCUT2D eigenvalue weighted by Crippen LogP contribution is 2.62. The zero-order valence-electron chi connectivity index (χ0n) is 24.7. The number of nitrogens with one attached hydrogen (secondary N) is 1. The molecule has 220 valence electrons. The van der Waals surface area contributed by atoms with Gasteiger partial charge in [0.1, 0.15) is 23.0 Å². The van der Waals surface area contributed by atoms with Crippen LogP contribution in [0.1, 0.15) is 57.3 Å². The Labute approximate surface area is 256 Å². The van der Waals surface area contributed by atoms with E-state index in [0.717, 1.165) is 11.1 Å². The molecule has 0 saturated carbocycles. The maximum Gasteiger partial charge on any atom is 0.238 e. The van der Waals surface area contributed by atoms with E-state index >= 15 is 0 Å². The molecule has 1 spiro atoms. The van der Waals surface area contributed by atoms with Crippen LogP contribution in [0.4, 0.5) is 5.69 Å². The first kappa shape index (κ1) is 27.7. The number of fused-ring (bicyclic) bond motifs is 6. The Morgan fingerprint density at radius 2 is 1.59 bits per heavy atom. The molecule has 7 rings (SSSR count). The van der Waals surface area contributed by atoms with Crippen LogP contribution < -0.4 is 14.8 Å². The Hall–Kier alpha value is -5.17. The Kier molecular flexibility index (Phi) is 6.61. The third kappa shape index (κ3) is 4.07. The maximum absolute atomic E-state index is 15.0. The lowest BCUT2D eigenvalue weighted by atomic mass is 9.62. The normalized spacial score (nSPS) is 22.8. The van der Waals surface area contributed by atoms with Crippen LogP contribution in [-0.4, -0.2) is 41.6 Å². The van der Waals surface area contributed by atoms with Gasteiger partial charge in [-0.3, -0.25) is 14.4 Å². The van der Waals surface area contributed by atoms with E-state index < -0.39 is 23.4 Å². The largest absolute Gasteiger partial charge is 0.497 e. The molecule has 4 aromatic carbocycles. The van der Waals surface area contributed by atoms with E-state index in [0.29, 0.717) is 33.9 Å². The molecule has 3 aliphatic rings. The number of para-hydroxylation sites is 1. The minimum Gasteiger partial charge on any atom is -0.497 e. The van der Waals surface area contributed by atoms with Gasteiger partial charge in [-0.15, -0.1) is 0 Å². The van der Waals surface area contributed by atoms with E-state index in [1.165, 1.54) is 0 Å². The van der Waals surface area contributed by atoms with Gasteiger partial charge in [0.05, 0.1) is 25.2 Å². The summed E-state index contributed by atoms with van der Waals surface area (Å²) in [6.45, 7) is 3.88. The number of benzene rings is 4. The van der Waals surface area contributed by atoms with Crippen LogP contribution in [0.15, 0.2) is 103 Å². The van der Waals surface area contributed by atoms with E-state index in [1.807, 2.05) is 79.6 Å². The zero-order valence-corrected chi connectivity index (χ0v) is 24.7. The number of nitrogens with zero attached hydrogens (tertiary/aromatic N) is 1. The van der Waals surface area contributed by atoms with Gasteiger partial charge in [-0.2, -0.15) is 0 Å². The molecule has 0 radical (unpaired) electrons. The highest BCUT2D eigenvalue weighted by atomic mass is 16.5. The second-order valence-corrected chi connectivity index (χ2v) is 11.7. The molecule has 0 unspecified atom stereocenters. The van der Waals surface area contributed by atoms with Crippen molar-refractivity contribution in [3.05, 3.63) is 131 Å². The molecule has 3 aliphatic heterocycles. The van der Waals surface area contributed by atoms with Crippen LogP contribution in [0, 0.1) is 5.92 Å². The number of carbonyl (C=O) groups excluding carboxylic acids is 3. The summed E-state index contributed by atoms with van der Waals surface area (Å²) >= 11 is 0. The minimum absolute atomic E-state index is 0.0269. The lowest BCUT2D eigenvalue weighted by Crippen LogP contribution is -2.49. The quantitative estimate of drug-likeness (QED) is 0.251. The molecule has 0 bridgehead atoms. The molecule has 4 aromatic rings. The van der Waals surface area contributed by atoms with Crippen LogP contribution >= 0.6 is 0 Å². The number of amides is 1. The van der Waals surface area contributed by atoms with Crippen molar-refractivity contribution >= 4 is 29.2 Å². The zero-order chi connectivity index (χ0) is 30.6. The molecule has 3 heterocycles. The molecular weight excluding hydrogens is 552 g/mol. The van der Waals surface area contributed by atoms with Crippen LogP contribution in [0.5, 0.6) is 11.5 Å². The number of rotatable bonds is 7. The molecule has 7 heteroatoms. The average molecular weight is 585 g/mol. The van der Waals surface area contributed by atoms with Gasteiger partial charge in [0, 0.05) is 23.0 Å². The third-order valence-electron chi connectivity index (χ3n) is 8.99. The maximum atomic E-state index is 15.0. The number of hydrogen-bond donors (Lipinski definition) is 1. The molecular formula is C37H32N2O5. The van der Waals surface area contributed by atoms with Gasteiger partial charge in [0.25, 0.3) is 0 Å². The first-order valence-corrected chi connectivity index (χ1v) is 14.8. The van der Waals surface area contributed by atoms with E-state index in [-0.39, 0.29) is 23.6 Å². The Morgan fingerprint density at radius 1 is 0.841 bits per heavy atom. The van der Waals surface area contributed by atoms with Gasteiger partial charge in [-0.1, -0.05) is 54.6 Å². The first-order valence-electron chi connectivity index (χ1n) is 14.8. The molecule has 4 atom stereocenters. The molecule has 1 amide bonds. The van der Waals surface area contributed by atoms with E-state index in [1.54, 1.807) is 55.6 Å². The fourth-order valence-electron chi connectivity index (χ4n) is 7.26. The Bertz CT molecular complexity index is 1830. The van der Waals surface area contributed by atoms with Gasteiger partial charge in [-0.25, -0.2) is 0 Å². The summed E-state index contributed by atoms with van der Waals surface area (Å²) in [7, 11) is 1.55. The molecule has 1 saturated heterocycles. The summed E-state index contributed by atoms with van der Waals surface area (Å²) in [5, 5.41) is 3.09. The second-order valence-electron chi connectivity index (χ2n) is 11.7. The van der Waals surface area contributed by atoms with E-state index in [4.69, 9.17) is 9.47 Å². The molecule has 1 N–H and O–H groups in total. The number of methoxy groups -OCH3 is 1. The molecule has 0 aromatic heterocycles. The number of carbonyl (C=O) groups is 3. The van der Waals surface area contributed by atoms with Crippen LogP contribution in [0.3, 0.4) is 0 Å². The van der Waals surface area contributed by atoms with Gasteiger partial charge in [0.15, 0.2) is 11.6 Å². The Balaban J connectivity index is 1.48. The lowest BCUT2D eigenvalue weighted by molar-refractivity contribution is -0.122. The van der Waals surface area contributed by atoms with Crippen molar-refractivity contribution in [2.75, 3.05) is 12.4 Å². The summed E-state index contributed by atoms with van der Waals surface area (Å²) < 4.78 is 11.3. The highest BCUT2D eigenvalue weighted by Gasteiger charge is 2.70. The average Bonchev–Trinajstić information content (AvgIpc) is 3.52. The number of Topliss-reactive ketones (excluding diaryl/α,β-unsaturated/α-hetero) is 2. The molecule has 44 heavy (non-hydrogen) atoms. The summed E-state index contributed by atoms with van der Waals surface area (Å²) in [5.41, 5.74) is 2.62. The highest BCUT2D eigenvalue weighted by molar-refractivity contribution is 6.16. The first-order chi connectivity index (χ1) is 21.3. The van der Waals surface area contributed by atoms with Crippen LogP contribution in [0.25, 0.3) is 6.08 Å². The van der Waals surface area contributed by atoms with Crippen molar-refractivity contribution in [1.82, 2.24) is 4.90 Å². The predicted octanol–water partition coefficient (Wildman–Crippen LogP) is 6.46. The minimum atomic E-state index is -1.39. The fraction of sp³-hybridized carbons (Fsp3) is 0.216. The van der Waals surface area contributed by atoms with Crippen molar-refractivity contribution in [3.63, 3.8) is 0 Å². The lowest BCUT2D eigenvalue weighted by Gasteiger charge is -2.38.